The first kappa shape index (κ1) is 14.2. The number of halogens is 1. The monoisotopic (exact) mass is 283 g/mol. The highest BCUT2D eigenvalue weighted by Crippen LogP contribution is 2.19. The topological polar surface area (TPSA) is 49.8 Å². The van der Waals surface area contributed by atoms with Crippen molar-refractivity contribution < 1.29 is 14.6 Å². The van der Waals surface area contributed by atoms with Gasteiger partial charge >= 0.3 is 0 Å². The first-order chi connectivity index (χ1) is 9.11. The molecule has 1 fully saturated rings. The number of para-hydroxylation sites is 1. The number of rotatable bonds is 3. The molecule has 1 aliphatic rings. The fraction of sp³-hybridized carbons (Fsp3) is 0.500. The van der Waals surface area contributed by atoms with Gasteiger partial charge in [0.1, 0.15) is 5.75 Å². The first-order valence-corrected chi connectivity index (χ1v) is 6.89. The van der Waals surface area contributed by atoms with Gasteiger partial charge in [0.05, 0.1) is 31.1 Å². The minimum Gasteiger partial charge on any atom is -0.508 e. The molecule has 0 aromatic heterocycles. The second kappa shape index (κ2) is 6.26. The van der Waals surface area contributed by atoms with Crippen LogP contribution >= 0.6 is 11.6 Å². The number of carbonyl (C=O) groups excluding carboxylic acids is 1. The number of nitrogens with zero attached hydrogens (tertiary/aromatic N) is 1. The van der Waals surface area contributed by atoms with E-state index in [9.17, 15) is 9.90 Å². The number of morpholine rings is 1. The third-order valence-electron chi connectivity index (χ3n) is 3.33. The summed E-state index contributed by atoms with van der Waals surface area (Å²) in [5.41, 5.74) is 0.647. The van der Waals surface area contributed by atoms with Crippen LogP contribution in [0.15, 0.2) is 24.3 Å². The van der Waals surface area contributed by atoms with Crippen LogP contribution in [0.1, 0.15) is 12.5 Å². The average molecular weight is 284 g/mol. The van der Waals surface area contributed by atoms with Gasteiger partial charge in [-0.15, -0.1) is 11.6 Å². The highest BCUT2D eigenvalue weighted by atomic mass is 35.5. The molecule has 19 heavy (non-hydrogen) atoms. The summed E-state index contributed by atoms with van der Waals surface area (Å²) in [5, 5.41) is 9.71. The molecule has 104 valence electrons. The lowest BCUT2D eigenvalue weighted by molar-refractivity contribution is -0.142. The van der Waals surface area contributed by atoms with Crippen LogP contribution in [0.5, 0.6) is 5.75 Å². The van der Waals surface area contributed by atoms with Gasteiger partial charge in [-0.25, -0.2) is 0 Å². The number of carbonyl (C=O) groups is 1. The van der Waals surface area contributed by atoms with Gasteiger partial charge < -0.3 is 14.7 Å². The normalized spacial score (nSPS) is 23.4. The first-order valence-electron chi connectivity index (χ1n) is 6.35. The van der Waals surface area contributed by atoms with Crippen LogP contribution in [0.4, 0.5) is 0 Å². The van der Waals surface area contributed by atoms with E-state index in [0.29, 0.717) is 24.6 Å². The molecule has 1 N–H and O–H groups in total. The zero-order valence-electron chi connectivity index (χ0n) is 10.9. The Kier molecular flexibility index (Phi) is 4.66. The summed E-state index contributed by atoms with van der Waals surface area (Å²) in [5.74, 6) is 0.533. The van der Waals surface area contributed by atoms with Crippen molar-refractivity contribution in [3.8, 4) is 5.75 Å². The van der Waals surface area contributed by atoms with Gasteiger partial charge in [0.25, 0.3) is 0 Å². The molecular weight excluding hydrogens is 266 g/mol. The lowest BCUT2D eigenvalue weighted by Gasteiger charge is -2.37. The molecular formula is C14H18ClNO3. The van der Waals surface area contributed by atoms with E-state index in [1.165, 1.54) is 0 Å². The van der Waals surface area contributed by atoms with E-state index < -0.39 is 0 Å². The number of aromatic hydroxyl groups is 1. The molecule has 5 heteroatoms. The summed E-state index contributed by atoms with van der Waals surface area (Å²) < 4.78 is 5.52. The molecule has 4 nitrogen and oxygen atoms in total. The van der Waals surface area contributed by atoms with Gasteiger partial charge in [-0.05, 0) is 13.0 Å². The number of hydrogen-bond acceptors (Lipinski definition) is 3. The van der Waals surface area contributed by atoms with Crippen LogP contribution in [0.25, 0.3) is 0 Å². The molecule has 0 radical (unpaired) electrons. The smallest absolute Gasteiger partial charge is 0.227 e. The van der Waals surface area contributed by atoms with Crippen molar-refractivity contribution in [2.24, 2.45) is 0 Å². The molecule has 2 atom stereocenters. The maximum absolute atomic E-state index is 12.3. The van der Waals surface area contributed by atoms with Gasteiger partial charge in [0.15, 0.2) is 0 Å². The van der Waals surface area contributed by atoms with Crippen LogP contribution in [0.2, 0.25) is 0 Å². The van der Waals surface area contributed by atoms with Crippen molar-refractivity contribution in [3.63, 3.8) is 0 Å². The van der Waals surface area contributed by atoms with Gasteiger partial charge in [-0.3, -0.25) is 4.79 Å². The Hall–Kier alpha value is -1.26. The van der Waals surface area contributed by atoms with Gasteiger partial charge in [-0.1, -0.05) is 18.2 Å². The van der Waals surface area contributed by atoms with Gasteiger partial charge in [-0.2, -0.15) is 0 Å². The minimum absolute atomic E-state index is 0.00702. The van der Waals surface area contributed by atoms with Crippen molar-refractivity contribution >= 4 is 17.5 Å². The molecule has 1 aliphatic heterocycles. The molecule has 0 bridgehead atoms. The second-order valence-corrected chi connectivity index (χ2v) is 5.12. The standard InChI is InChI=1S/C14H18ClNO3/c1-10-9-19-12(7-15)8-16(10)14(18)6-11-4-2-3-5-13(11)17/h2-5,10,12,17H,6-9H2,1H3. The Morgan fingerprint density at radius 3 is 2.95 bits per heavy atom. The lowest BCUT2D eigenvalue weighted by atomic mass is 10.1. The number of hydrogen-bond donors (Lipinski definition) is 1. The highest BCUT2D eigenvalue weighted by Gasteiger charge is 2.29. The maximum Gasteiger partial charge on any atom is 0.227 e. The van der Waals surface area contributed by atoms with Gasteiger partial charge in [0, 0.05) is 12.1 Å². The Morgan fingerprint density at radius 2 is 2.26 bits per heavy atom. The number of benzene rings is 1. The molecule has 2 rings (SSSR count). The molecule has 0 spiro atoms. The molecule has 1 aromatic carbocycles. The van der Waals surface area contributed by atoms with E-state index in [1.54, 1.807) is 23.1 Å². The lowest BCUT2D eigenvalue weighted by Crippen LogP contribution is -2.52. The van der Waals surface area contributed by atoms with Crippen LogP contribution < -0.4 is 0 Å². The van der Waals surface area contributed by atoms with Crippen molar-refractivity contribution in [1.29, 1.82) is 0 Å². The fourth-order valence-electron chi connectivity index (χ4n) is 2.18. The summed E-state index contributed by atoms with van der Waals surface area (Å²) in [4.78, 5) is 14.1. The predicted octanol–water partition coefficient (Wildman–Crippen LogP) is 1.79. The zero-order chi connectivity index (χ0) is 13.8. The summed E-state index contributed by atoms with van der Waals surface area (Å²) in [6, 6.07) is 6.94. The van der Waals surface area contributed by atoms with E-state index in [2.05, 4.69) is 0 Å². The minimum atomic E-state index is -0.105. The highest BCUT2D eigenvalue weighted by molar-refractivity contribution is 6.18. The Morgan fingerprint density at radius 1 is 1.53 bits per heavy atom. The van der Waals surface area contributed by atoms with Crippen molar-refractivity contribution in [2.45, 2.75) is 25.5 Å². The molecule has 1 amide bonds. The quantitative estimate of drug-likeness (QED) is 0.861. The number of amides is 1. The Labute approximate surface area is 117 Å². The van der Waals surface area contributed by atoms with Crippen LogP contribution in [-0.2, 0) is 16.0 Å². The predicted molar refractivity (Wildman–Crippen MR) is 73.4 cm³/mol. The molecule has 0 saturated carbocycles. The third kappa shape index (κ3) is 3.39. The van der Waals surface area contributed by atoms with E-state index in [-0.39, 0.29) is 30.2 Å². The third-order valence-corrected chi connectivity index (χ3v) is 3.68. The summed E-state index contributed by atoms with van der Waals surface area (Å²) in [6.45, 7) is 2.97. The Bertz CT molecular complexity index is 452. The van der Waals surface area contributed by atoms with E-state index in [4.69, 9.17) is 16.3 Å². The largest absolute Gasteiger partial charge is 0.508 e. The van der Waals surface area contributed by atoms with Crippen LogP contribution in [0, 0.1) is 0 Å². The summed E-state index contributed by atoms with van der Waals surface area (Å²) >= 11 is 5.78. The van der Waals surface area contributed by atoms with Crippen molar-refractivity contribution in [2.75, 3.05) is 19.0 Å². The molecule has 1 aromatic rings. The Balaban J connectivity index is 2.04. The maximum atomic E-state index is 12.3. The number of phenolic OH excluding ortho intramolecular Hbond substituents is 1. The summed E-state index contributed by atoms with van der Waals surface area (Å²) in [6.07, 6.45) is 0.0950. The molecule has 2 unspecified atom stereocenters. The summed E-state index contributed by atoms with van der Waals surface area (Å²) in [7, 11) is 0. The van der Waals surface area contributed by atoms with E-state index in [1.807, 2.05) is 13.0 Å². The fourth-order valence-corrected chi connectivity index (χ4v) is 2.37. The van der Waals surface area contributed by atoms with Crippen molar-refractivity contribution in [1.82, 2.24) is 4.90 Å². The SMILES string of the molecule is CC1COC(CCl)CN1C(=O)Cc1ccccc1O. The van der Waals surface area contributed by atoms with Crippen LogP contribution in [0.3, 0.4) is 0 Å². The zero-order valence-corrected chi connectivity index (χ0v) is 11.6. The average Bonchev–Trinajstić information content (AvgIpc) is 2.42. The number of ether oxygens (including phenoxy) is 1. The van der Waals surface area contributed by atoms with E-state index in [0.717, 1.165) is 0 Å². The molecule has 1 heterocycles. The molecule has 0 aliphatic carbocycles. The number of phenols is 1. The second-order valence-electron chi connectivity index (χ2n) is 4.81. The van der Waals surface area contributed by atoms with Gasteiger partial charge in [0.2, 0.25) is 5.91 Å². The van der Waals surface area contributed by atoms with E-state index >= 15 is 0 Å². The van der Waals surface area contributed by atoms with Crippen LogP contribution in [-0.4, -0.2) is 47.1 Å². The van der Waals surface area contributed by atoms with Crippen molar-refractivity contribution in [3.05, 3.63) is 29.8 Å². The molecule has 1 saturated heterocycles. The number of alkyl halides is 1.